The summed E-state index contributed by atoms with van der Waals surface area (Å²) in [5.74, 6) is 0.425. The van der Waals surface area contributed by atoms with Crippen LogP contribution >= 0.6 is 0 Å². The highest BCUT2D eigenvalue weighted by Gasteiger charge is 2.29. The van der Waals surface area contributed by atoms with Crippen molar-refractivity contribution < 1.29 is 9.18 Å². The third kappa shape index (κ3) is 5.01. The van der Waals surface area contributed by atoms with Crippen LogP contribution in [0.1, 0.15) is 25.8 Å². The van der Waals surface area contributed by atoms with Crippen LogP contribution in [0.5, 0.6) is 0 Å². The number of carbonyl (C=O) groups excluding carboxylic acids is 1. The molecule has 5 heteroatoms. The van der Waals surface area contributed by atoms with Gasteiger partial charge in [-0.2, -0.15) is 0 Å². The highest BCUT2D eigenvalue weighted by atomic mass is 19.1. The number of hydrogen-bond acceptors (Lipinski definition) is 3. The molecule has 1 atom stereocenters. The van der Waals surface area contributed by atoms with Crippen molar-refractivity contribution in [2.24, 2.45) is 5.92 Å². The van der Waals surface area contributed by atoms with Crippen molar-refractivity contribution in [1.29, 1.82) is 0 Å². The molecule has 4 nitrogen and oxygen atoms in total. The first kappa shape index (κ1) is 17.9. The molecule has 0 aliphatic carbocycles. The van der Waals surface area contributed by atoms with E-state index in [2.05, 4.69) is 24.1 Å². The third-order valence-electron chi connectivity index (χ3n) is 4.50. The molecule has 1 saturated heterocycles. The first-order valence-corrected chi connectivity index (χ1v) is 8.42. The van der Waals surface area contributed by atoms with Gasteiger partial charge in [-0.3, -0.25) is 9.69 Å². The quantitative estimate of drug-likeness (QED) is 0.902. The summed E-state index contributed by atoms with van der Waals surface area (Å²) in [6.07, 6.45) is 0.972. The summed E-state index contributed by atoms with van der Waals surface area (Å²) in [7, 11) is 1.80. The van der Waals surface area contributed by atoms with Gasteiger partial charge in [0.1, 0.15) is 5.82 Å². The molecule has 1 aromatic rings. The van der Waals surface area contributed by atoms with Crippen LogP contribution in [0.2, 0.25) is 0 Å². The summed E-state index contributed by atoms with van der Waals surface area (Å²) in [5.41, 5.74) is 1.12. The molecule has 23 heavy (non-hydrogen) atoms. The molecule has 0 bridgehead atoms. The Morgan fingerprint density at radius 2 is 2.00 bits per heavy atom. The lowest BCUT2D eigenvalue weighted by molar-refractivity contribution is -0.130. The molecule has 0 radical (unpaired) electrons. The minimum Gasteiger partial charge on any atom is -0.340 e. The van der Waals surface area contributed by atoms with E-state index in [9.17, 15) is 9.18 Å². The number of carbonyl (C=O) groups is 1. The maximum absolute atomic E-state index is 13.1. The summed E-state index contributed by atoms with van der Waals surface area (Å²) in [6.45, 7) is 8.13. The SMILES string of the molecule is CNCC(=O)N1CCCN(Cc2ccc(F)cc2)[C@H](C(C)C)C1. The largest absolute Gasteiger partial charge is 0.340 e. The Balaban J connectivity index is 2.09. The van der Waals surface area contributed by atoms with Crippen LogP contribution < -0.4 is 5.32 Å². The van der Waals surface area contributed by atoms with E-state index >= 15 is 0 Å². The van der Waals surface area contributed by atoms with E-state index < -0.39 is 0 Å². The lowest BCUT2D eigenvalue weighted by Gasteiger charge is -2.34. The van der Waals surface area contributed by atoms with Crippen LogP contribution in [0.15, 0.2) is 24.3 Å². The van der Waals surface area contributed by atoms with Crippen LogP contribution in [-0.4, -0.2) is 55.0 Å². The second-order valence-corrected chi connectivity index (χ2v) is 6.63. The maximum Gasteiger partial charge on any atom is 0.236 e. The third-order valence-corrected chi connectivity index (χ3v) is 4.50. The average molecular weight is 321 g/mol. The topological polar surface area (TPSA) is 35.6 Å². The molecule has 0 unspecified atom stereocenters. The lowest BCUT2D eigenvalue weighted by atomic mass is 10.0. The number of amides is 1. The molecule has 1 heterocycles. The van der Waals surface area contributed by atoms with E-state index in [0.717, 1.165) is 38.2 Å². The van der Waals surface area contributed by atoms with Crippen molar-refractivity contribution in [3.63, 3.8) is 0 Å². The summed E-state index contributed by atoms with van der Waals surface area (Å²) in [6, 6.07) is 7.05. The fraction of sp³-hybridized carbons (Fsp3) is 0.611. The number of nitrogens with one attached hydrogen (secondary N) is 1. The molecular weight excluding hydrogens is 293 g/mol. The first-order chi connectivity index (χ1) is 11.0. The second kappa shape index (κ2) is 8.41. The summed E-state index contributed by atoms with van der Waals surface area (Å²) in [5, 5.41) is 2.95. The van der Waals surface area contributed by atoms with Gasteiger partial charge in [-0.1, -0.05) is 26.0 Å². The van der Waals surface area contributed by atoms with Gasteiger partial charge in [-0.05, 0) is 37.1 Å². The van der Waals surface area contributed by atoms with Crippen LogP contribution in [0.4, 0.5) is 4.39 Å². The van der Waals surface area contributed by atoms with Crippen molar-refractivity contribution in [3.8, 4) is 0 Å². The van der Waals surface area contributed by atoms with Gasteiger partial charge in [0.05, 0.1) is 6.54 Å². The molecule has 1 aliphatic rings. The van der Waals surface area contributed by atoms with Gasteiger partial charge in [0.15, 0.2) is 0 Å². The Kier molecular flexibility index (Phi) is 6.54. The Bertz CT molecular complexity index is 503. The molecular formula is C18H28FN3O. The van der Waals surface area contributed by atoms with E-state index in [-0.39, 0.29) is 11.7 Å². The summed E-state index contributed by atoms with van der Waals surface area (Å²) in [4.78, 5) is 16.6. The fourth-order valence-electron chi connectivity index (χ4n) is 3.21. The Morgan fingerprint density at radius 1 is 1.30 bits per heavy atom. The van der Waals surface area contributed by atoms with Gasteiger partial charge >= 0.3 is 0 Å². The smallest absolute Gasteiger partial charge is 0.236 e. The Morgan fingerprint density at radius 3 is 2.61 bits per heavy atom. The second-order valence-electron chi connectivity index (χ2n) is 6.63. The monoisotopic (exact) mass is 321 g/mol. The highest BCUT2D eigenvalue weighted by Crippen LogP contribution is 2.20. The van der Waals surface area contributed by atoms with Gasteiger partial charge in [-0.25, -0.2) is 4.39 Å². The number of rotatable bonds is 5. The van der Waals surface area contributed by atoms with Crippen LogP contribution in [0, 0.1) is 11.7 Å². The van der Waals surface area contributed by atoms with Crippen molar-refractivity contribution in [3.05, 3.63) is 35.6 Å². The summed E-state index contributed by atoms with van der Waals surface area (Å²) >= 11 is 0. The van der Waals surface area contributed by atoms with E-state index in [1.165, 1.54) is 12.1 Å². The van der Waals surface area contributed by atoms with E-state index in [1.807, 2.05) is 17.0 Å². The first-order valence-electron chi connectivity index (χ1n) is 8.42. The van der Waals surface area contributed by atoms with Crippen molar-refractivity contribution in [2.75, 3.05) is 33.2 Å². The number of nitrogens with zero attached hydrogens (tertiary/aromatic N) is 2. The van der Waals surface area contributed by atoms with Crippen molar-refractivity contribution in [2.45, 2.75) is 32.9 Å². The standard InChI is InChI=1S/C18H28FN3O/c1-14(2)17-13-22(18(23)11-20-3)10-4-9-21(17)12-15-5-7-16(19)8-6-15/h5-8,14,17,20H,4,9-13H2,1-3H3/t17-/m0/s1. The minimum absolute atomic E-state index is 0.168. The molecule has 1 aliphatic heterocycles. The molecule has 1 amide bonds. The fourth-order valence-corrected chi connectivity index (χ4v) is 3.21. The zero-order valence-electron chi connectivity index (χ0n) is 14.4. The molecule has 2 rings (SSSR count). The molecule has 0 spiro atoms. The van der Waals surface area contributed by atoms with E-state index in [1.54, 1.807) is 7.05 Å². The van der Waals surface area contributed by atoms with Gasteiger partial charge in [0.25, 0.3) is 0 Å². The predicted molar refractivity (Wildman–Crippen MR) is 90.6 cm³/mol. The van der Waals surface area contributed by atoms with Gasteiger partial charge in [0, 0.05) is 32.2 Å². The Labute approximate surface area is 138 Å². The molecule has 128 valence electrons. The van der Waals surface area contributed by atoms with Gasteiger partial charge in [-0.15, -0.1) is 0 Å². The normalized spacial score (nSPS) is 19.9. The zero-order valence-corrected chi connectivity index (χ0v) is 14.4. The van der Waals surface area contributed by atoms with Crippen LogP contribution in [0.3, 0.4) is 0 Å². The number of likely N-dealkylation sites (N-methyl/N-ethyl adjacent to an activating group) is 1. The average Bonchev–Trinajstić information content (AvgIpc) is 2.72. The maximum atomic E-state index is 13.1. The highest BCUT2D eigenvalue weighted by molar-refractivity contribution is 5.78. The number of halogens is 1. The predicted octanol–water partition coefficient (Wildman–Crippen LogP) is 2.10. The van der Waals surface area contributed by atoms with E-state index in [0.29, 0.717) is 18.5 Å². The summed E-state index contributed by atoms with van der Waals surface area (Å²) < 4.78 is 13.1. The van der Waals surface area contributed by atoms with Gasteiger partial charge in [0.2, 0.25) is 5.91 Å². The molecule has 0 aromatic heterocycles. The van der Waals surface area contributed by atoms with E-state index in [4.69, 9.17) is 0 Å². The molecule has 1 N–H and O–H groups in total. The minimum atomic E-state index is -0.200. The molecule has 0 saturated carbocycles. The van der Waals surface area contributed by atoms with Crippen LogP contribution in [-0.2, 0) is 11.3 Å². The zero-order chi connectivity index (χ0) is 16.8. The van der Waals surface area contributed by atoms with Crippen LogP contribution in [0.25, 0.3) is 0 Å². The Hall–Kier alpha value is -1.46. The van der Waals surface area contributed by atoms with Crippen molar-refractivity contribution in [1.82, 2.24) is 15.1 Å². The molecule has 1 fully saturated rings. The molecule has 1 aromatic carbocycles. The van der Waals surface area contributed by atoms with Crippen molar-refractivity contribution >= 4 is 5.91 Å². The van der Waals surface area contributed by atoms with Gasteiger partial charge < -0.3 is 10.2 Å². The number of hydrogen-bond donors (Lipinski definition) is 1. The lowest BCUT2D eigenvalue weighted by Crippen LogP contribution is -2.47. The number of benzene rings is 1.